The van der Waals surface area contributed by atoms with Crippen molar-refractivity contribution in [2.45, 2.75) is 0 Å². The third-order valence-corrected chi connectivity index (χ3v) is 11.0. The minimum atomic E-state index is 0.896. The monoisotopic (exact) mass is 687 g/mol. The van der Waals surface area contributed by atoms with Gasteiger partial charge in [0.2, 0.25) is 0 Å². The smallest absolute Gasteiger partial charge is 0.145 e. The highest BCUT2D eigenvalue weighted by Gasteiger charge is 2.20. The number of hydrogen-bond acceptors (Lipinski definition) is 2. The molecule has 0 spiro atoms. The predicted molar refractivity (Wildman–Crippen MR) is 229 cm³/mol. The molecule has 0 aliphatic carbocycles. The maximum Gasteiger partial charge on any atom is 0.145 e. The Morgan fingerprint density at radius 3 is 1.85 bits per heavy atom. The lowest BCUT2D eigenvalue weighted by atomic mass is 9.92. The van der Waals surface area contributed by atoms with E-state index in [0.29, 0.717) is 0 Å². The van der Waals surface area contributed by atoms with Crippen LogP contribution in [0, 0.1) is 0 Å². The Bertz CT molecular complexity index is 3210. The minimum Gasteiger partial charge on any atom is -0.455 e. The molecule has 0 bridgehead atoms. The van der Waals surface area contributed by atoms with Crippen LogP contribution in [0.4, 0.5) is 17.1 Å². The van der Waals surface area contributed by atoms with E-state index in [1.165, 1.54) is 54.6 Å². The highest BCUT2D eigenvalue weighted by molar-refractivity contribution is 6.20. The van der Waals surface area contributed by atoms with Gasteiger partial charge < -0.3 is 9.32 Å². The zero-order valence-corrected chi connectivity index (χ0v) is 29.4. The summed E-state index contributed by atoms with van der Waals surface area (Å²) in [6.07, 6.45) is 0. The fourth-order valence-electron chi connectivity index (χ4n) is 8.41. The summed E-state index contributed by atoms with van der Waals surface area (Å²) in [7, 11) is 0. The maximum absolute atomic E-state index is 6.68. The molecule has 11 aromatic rings. The lowest BCUT2D eigenvalue weighted by molar-refractivity contribution is 0.672. The summed E-state index contributed by atoms with van der Waals surface area (Å²) in [6.45, 7) is 0. The second-order valence-corrected chi connectivity index (χ2v) is 14.1. The highest BCUT2D eigenvalue weighted by atomic mass is 16.3. The number of fused-ring (bicyclic) bond motifs is 9. The Morgan fingerprint density at radius 1 is 0.333 bits per heavy atom. The van der Waals surface area contributed by atoms with E-state index in [1.807, 2.05) is 6.07 Å². The van der Waals surface area contributed by atoms with Crippen LogP contribution in [0.1, 0.15) is 0 Å². The fraction of sp³-hybridized carbons (Fsp3) is 0. The molecule has 1 aromatic heterocycles. The first-order valence-corrected chi connectivity index (χ1v) is 18.5. The van der Waals surface area contributed by atoms with E-state index in [-0.39, 0.29) is 0 Å². The van der Waals surface area contributed by atoms with Crippen molar-refractivity contribution in [2.24, 2.45) is 0 Å². The van der Waals surface area contributed by atoms with Crippen LogP contribution in [0.25, 0.3) is 87.3 Å². The number of rotatable bonds is 5. The summed E-state index contributed by atoms with van der Waals surface area (Å²) in [5, 5.41) is 11.9. The van der Waals surface area contributed by atoms with E-state index < -0.39 is 0 Å². The van der Waals surface area contributed by atoms with Crippen LogP contribution in [0.5, 0.6) is 0 Å². The van der Waals surface area contributed by atoms with E-state index in [0.717, 1.165) is 49.8 Å². The molecule has 0 saturated carbocycles. The van der Waals surface area contributed by atoms with E-state index >= 15 is 0 Å². The van der Waals surface area contributed by atoms with Crippen LogP contribution in [-0.2, 0) is 0 Å². The molecule has 0 N–H and O–H groups in total. The van der Waals surface area contributed by atoms with Crippen LogP contribution in [-0.4, -0.2) is 0 Å². The van der Waals surface area contributed by atoms with E-state index in [1.54, 1.807) is 0 Å². The molecule has 10 aromatic carbocycles. The second kappa shape index (κ2) is 12.2. The van der Waals surface area contributed by atoms with Gasteiger partial charge in [0, 0.05) is 27.5 Å². The van der Waals surface area contributed by atoms with Gasteiger partial charge in [-0.15, -0.1) is 0 Å². The average molecular weight is 688 g/mol. The van der Waals surface area contributed by atoms with Crippen molar-refractivity contribution in [3.63, 3.8) is 0 Å². The van der Waals surface area contributed by atoms with Crippen molar-refractivity contribution in [3.05, 3.63) is 200 Å². The number of anilines is 3. The van der Waals surface area contributed by atoms with Gasteiger partial charge in [0.05, 0.1) is 5.69 Å². The minimum absolute atomic E-state index is 0.896. The third-order valence-electron chi connectivity index (χ3n) is 11.0. The number of para-hydroxylation sites is 1. The summed E-state index contributed by atoms with van der Waals surface area (Å²) in [5.41, 5.74) is 9.85. The van der Waals surface area contributed by atoms with Gasteiger partial charge in [-0.2, -0.15) is 0 Å². The maximum atomic E-state index is 6.68. The van der Waals surface area contributed by atoms with E-state index in [9.17, 15) is 0 Å². The summed E-state index contributed by atoms with van der Waals surface area (Å²) >= 11 is 0. The van der Waals surface area contributed by atoms with Gasteiger partial charge in [-0.1, -0.05) is 146 Å². The summed E-state index contributed by atoms with van der Waals surface area (Å²) < 4.78 is 6.68. The fourth-order valence-corrected chi connectivity index (χ4v) is 8.41. The van der Waals surface area contributed by atoms with Crippen molar-refractivity contribution in [1.82, 2.24) is 0 Å². The Morgan fingerprint density at radius 2 is 0.981 bits per heavy atom. The topological polar surface area (TPSA) is 16.4 Å². The lowest BCUT2D eigenvalue weighted by Gasteiger charge is -2.27. The molecule has 0 saturated heterocycles. The highest BCUT2D eigenvalue weighted by Crippen LogP contribution is 2.45. The molecule has 0 aliphatic heterocycles. The van der Waals surface area contributed by atoms with Crippen molar-refractivity contribution in [1.29, 1.82) is 0 Å². The molecule has 2 nitrogen and oxygen atoms in total. The molecule has 1 heterocycles. The Hall–Kier alpha value is -7.16. The van der Waals surface area contributed by atoms with Crippen LogP contribution in [0.3, 0.4) is 0 Å². The second-order valence-electron chi connectivity index (χ2n) is 14.1. The Kier molecular flexibility index (Phi) is 6.90. The lowest BCUT2D eigenvalue weighted by Crippen LogP contribution is -2.10. The first-order chi connectivity index (χ1) is 26.8. The van der Waals surface area contributed by atoms with Crippen molar-refractivity contribution in [3.8, 4) is 22.3 Å². The van der Waals surface area contributed by atoms with Crippen molar-refractivity contribution in [2.75, 3.05) is 4.90 Å². The van der Waals surface area contributed by atoms with Crippen LogP contribution < -0.4 is 4.90 Å². The molecular weight excluding hydrogens is 655 g/mol. The van der Waals surface area contributed by atoms with Gasteiger partial charge in [-0.05, 0) is 115 Å². The van der Waals surface area contributed by atoms with Crippen LogP contribution in [0.15, 0.2) is 205 Å². The first kappa shape index (κ1) is 30.5. The molecular formula is C52H33NO. The number of furan rings is 1. The third kappa shape index (κ3) is 4.88. The molecule has 11 rings (SSSR count). The molecule has 0 atom stereocenters. The summed E-state index contributed by atoms with van der Waals surface area (Å²) in [4.78, 5) is 2.39. The molecule has 2 heteroatoms. The summed E-state index contributed by atoms with van der Waals surface area (Å²) in [5.74, 6) is 0. The molecule has 0 aliphatic rings. The predicted octanol–water partition coefficient (Wildman–Crippen LogP) is 15.0. The normalized spacial score (nSPS) is 11.7. The Balaban J connectivity index is 1.13. The van der Waals surface area contributed by atoms with Gasteiger partial charge >= 0.3 is 0 Å². The molecule has 0 fully saturated rings. The SMILES string of the molecule is c1ccc(-c2ccc(N(c3ccc4ccc(-c5cc6ccccc6c6ccccc56)cc4c3)c3cccc4ccc5c6ccccc6oc5c34)cc2)cc1. The van der Waals surface area contributed by atoms with Gasteiger partial charge in [0.15, 0.2) is 0 Å². The van der Waals surface area contributed by atoms with E-state index in [2.05, 4.69) is 199 Å². The Labute approximate surface area is 312 Å². The molecule has 252 valence electrons. The number of hydrogen-bond donors (Lipinski definition) is 0. The number of nitrogens with zero attached hydrogens (tertiary/aromatic N) is 1. The molecule has 0 unspecified atom stereocenters. The molecule has 0 radical (unpaired) electrons. The van der Waals surface area contributed by atoms with Crippen LogP contribution in [0.2, 0.25) is 0 Å². The van der Waals surface area contributed by atoms with Crippen molar-refractivity contribution < 1.29 is 4.42 Å². The van der Waals surface area contributed by atoms with Gasteiger partial charge in [0.25, 0.3) is 0 Å². The quantitative estimate of drug-likeness (QED) is 0.168. The van der Waals surface area contributed by atoms with Gasteiger partial charge in [0.1, 0.15) is 11.2 Å². The van der Waals surface area contributed by atoms with Gasteiger partial charge in [-0.3, -0.25) is 0 Å². The van der Waals surface area contributed by atoms with Crippen molar-refractivity contribution >= 4 is 82.1 Å². The first-order valence-electron chi connectivity index (χ1n) is 18.5. The largest absolute Gasteiger partial charge is 0.455 e. The average Bonchev–Trinajstić information content (AvgIpc) is 3.63. The van der Waals surface area contributed by atoms with Gasteiger partial charge in [-0.25, -0.2) is 0 Å². The van der Waals surface area contributed by atoms with E-state index in [4.69, 9.17) is 4.42 Å². The zero-order chi connectivity index (χ0) is 35.6. The zero-order valence-electron chi connectivity index (χ0n) is 29.4. The van der Waals surface area contributed by atoms with Crippen LogP contribution >= 0.6 is 0 Å². The molecule has 0 amide bonds. The summed E-state index contributed by atoms with van der Waals surface area (Å²) in [6, 6.07) is 72.3. The number of benzene rings is 10. The molecule has 54 heavy (non-hydrogen) atoms. The standard InChI is InChI=1S/C52H33NO/c1-2-11-34(12-3-1)35-23-27-41(28-24-35)53(49-19-10-14-37-26-30-47-46-18-8-9-20-50(46)54-52(47)51(37)49)42-29-25-36-21-22-39(31-40(36)32-42)48-33-38-13-4-5-15-43(38)44-16-6-7-17-45(44)48/h1-33H.